The molecule has 4 heteroatoms. The summed E-state index contributed by atoms with van der Waals surface area (Å²) >= 11 is 0. The van der Waals surface area contributed by atoms with E-state index in [0.29, 0.717) is 11.4 Å². The molecule has 1 aromatic carbocycles. The van der Waals surface area contributed by atoms with Gasteiger partial charge < -0.3 is 5.32 Å². The minimum atomic E-state index is 0.478. The molecule has 0 spiro atoms. The second-order valence-corrected chi connectivity index (χ2v) is 2.90. The van der Waals surface area contributed by atoms with E-state index in [1.807, 2.05) is 30.3 Å². The first-order valence-corrected chi connectivity index (χ1v) is 4.44. The lowest BCUT2D eigenvalue weighted by molar-refractivity contribution is 1.03. The molecule has 0 radical (unpaired) electrons. The third-order valence-electron chi connectivity index (χ3n) is 1.88. The third-order valence-corrected chi connectivity index (χ3v) is 1.88. The van der Waals surface area contributed by atoms with Gasteiger partial charge in [0, 0.05) is 5.69 Å². The molecule has 0 fully saturated rings. The minimum Gasteiger partial charge on any atom is -0.338 e. The van der Waals surface area contributed by atoms with Crippen molar-refractivity contribution >= 4 is 11.5 Å². The van der Waals surface area contributed by atoms with Crippen LogP contribution in [0.2, 0.25) is 0 Å². The number of para-hydroxylation sites is 1. The van der Waals surface area contributed by atoms with E-state index in [1.165, 1.54) is 6.20 Å². The third kappa shape index (κ3) is 2.09. The largest absolute Gasteiger partial charge is 0.338 e. The van der Waals surface area contributed by atoms with Gasteiger partial charge in [-0.05, 0) is 18.2 Å². The Morgan fingerprint density at radius 1 is 1.13 bits per heavy atom. The lowest BCUT2D eigenvalue weighted by atomic mass is 10.3. The molecule has 4 nitrogen and oxygen atoms in total. The smallest absolute Gasteiger partial charge is 0.171 e. The van der Waals surface area contributed by atoms with Crippen molar-refractivity contribution in [2.75, 3.05) is 5.32 Å². The van der Waals surface area contributed by atoms with Crippen LogP contribution in [0.5, 0.6) is 0 Å². The lowest BCUT2D eigenvalue weighted by Crippen LogP contribution is -1.97. The van der Waals surface area contributed by atoms with Crippen molar-refractivity contribution in [2.45, 2.75) is 0 Å². The van der Waals surface area contributed by atoms with Crippen LogP contribution < -0.4 is 5.32 Å². The number of anilines is 2. The molecule has 1 N–H and O–H groups in total. The van der Waals surface area contributed by atoms with Crippen molar-refractivity contribution in [2.24, 2.45) is 0 Å². The van der Waals surface area contributed by atoms with Gasteiger partial charge in [-0.25, -0.2) is 0 Å². The highest BCUT2D eigenvalue weighted by Crippen LogP contribution is 2.15. The summed E-state index contributed by atoms with van der Waals surface area (Å²) in [7, 11) is 0. The van der Waals surface area contributed by atoms with Gasteiger partial charge >= 0.3 is 0 Å². The molecule has 0 unspecified atom stereocenters. The number of benzene rings is 1. The second-order valence-electron chi connectivity index (χ2n) is 2.90. The van der Waals surface area contributed by atoms with Gasteiger partial charge in [0.15, 0.2) is 5.82 Å². The van der Waals surface area contributed by atoms with Gasteiger partial charge in [0.2, 0.25) is 0 Å². The van der Waals surface area contributed by atoms with E-state index in [1.54, 1.807) is 6.07 Å². The zero-order valence-corrected chi connectivity index (χ0v) is 7.88. The molecule has 0 aliphatic carbocycles. The summed E-state index contributed by atoms with van der Waals surface area (Å²) in [6.07, 6.45) is 1.49. The van der Waals surface area contributed by atoms with E-state index in [0.717, 1.165) is 5.69 Å². The van der Waals surface area contributed by atoms with E-state index < -0.39 is 0 Å². The normalized spacial score (nSPS) is 9.27. The number of rotatable bonds is 2. The van der Waals surface area contributed by atoms with E-state index in [2.05, 4.69) is 21.6 Å². The molecule has 72 valence electrons. The summed E-state index contributed by atoms with van der Waals surface area (Å²) in [6, 6.07) is 13.2. The van der Waals surface area contributed by atoms with Crippen molar-refractivity contribution < 1.29 is 0 Å². The average molecular weight is 196 g/mol. The Morgan fingerprint density at radius 3 is 2.67 bits per heavy atom. The van der Waals surface area contributed by atoms with Crippen LogP contribution in [0.1, 0.15) is 5.56 Å². The van der Waals surface area contributed by atoms with Crippen LogP contribution in [-0.2, 0) is 0 Å². The second kappa shape index (κ2) is 4.20. The van der Waals surface area contributed by atoms with Crippen LogP contribution >= 0.6 is 0 Å². The molecule has 0 saturated heterocycles. The van der Waals surface area contributed by atoms with Crippen molar-refractivity contribution in [3.05, 3.63) is 48.2 Å². The zero-order valence-electron chi connectivity index (χ0n) is 7.88. The molecule has 0 bridgehead atoms. The predicted molar refractivity (Wildman–Crippen MR) is 56.5 cm³/mol. The summed E-state index contributed by atoms with van der Waals surface area (Å²) in [6.45, 7) is 0. The number of nitriles is 1. The maximum Gasteiger partial charge on any atom is 0.171 e. The van der Waals surface area contributed by atoms with Gasteiger partial charge in [-0.3, -0.25) is 0 Å². The van der Waals surface area contributed by atoms with Gasteiger partial charge in [-0.1, -0.05) is 18.2 Å². The van der Waals surface area contributed by atoms with Crippen LogP contribution in [0.25, 0.3) is 0 Å². The quantitative estimate of drug-likeness (QED) is 0.798. The van der Waals surface area contributed by atoms with E-state index >= 15 is 0 Å². The highest BCUT2D eigenvalue weighted by molar-refractivity contribution is 5.61. The fourth-order valence-corrected chi connectivity index (χ4v) is 1.17. The lowest BCUT2D eigenvalue weighted by Gasteiger charge is -2.04. The minimum absolute atomic E-state index is 0.478. The van der Waals surface area contributed by atoms with Gasteiger partial charge in [0.1, 0.15) is 6.07 Å². The average Bonchev–Trinajstić information content (AvgIpc) is 2.31. The van der Waals surface area contributed by atoms with Gasteiger partial charge in [-0.15, -0.1) is 5.10 Å². The number of nitrogens with zero attached hydrogens (tertiary/aromatic N) is 3. The molecular weight excluding hydrogens is 188 g/mol. The molecule has 2 rings (SSSR count). The molecule has 0 aliphatic rings. The maximum atomic E-state index is 8.84. The molecule has 15 heavy (non-hydrogen) atoms. The first kappa shape index (κ1) is 9.16. The summed E-state index contributed by atoms with van der Waals surface area (Å²) in [5, 5.41) is 19.5. The summed E-state index contributed by atoms with van der Waals surface area (Å²) in [5.74, 6) is 0.478. The Balaban J connectivity index is 2.29. The Kier molecular flexibility index (Phi) is 2.56. The fraction of sp³-hybridized carbons (Fsp3) is 0. The Labute approximate surface area is 87.2 Å². The molecule has 1 aromatic heterocycles. The van der Waals surface area contributed by atoms with Crippen molar-refractivity contribution in [1.82, 2.24) is 10.2 Å². The molecule has 0 atom stereocenters. The van der Waals surface area contributed by atoms with Crippen LogP contribution in [0.15, 0.2) is 42.6 Å². The Hall–Kier alpha value is -2.41. The first-order chi connectivity index (χ1) is 7.40. The Bertz CT molecular complexity index is 487. The Morgan fingerprint density at radius 2 is 1.93 bits per heavy atom. The van der Waals surface area contributed by atoms with Crippen molar-refractivity contribution in [1.29, 1.82) is 5.26 Å². The summed E-state index contributed by atoms with van der Waals surface area (Å²) in [5.41, 5.74) is 1.36. The number of hydrogen-bond acceptors (Lipinski definition) is 4. The van der Waals surface area contributed by atoms with Crippen LogP contribution in [0.3, 0.4) is 0 Å². The van der Waals surface area contributed by atoms with Crippen molar-refractivity contribution in [3.8, 4) is 6.07 Å². The highest BCUT2D eigenvalue weighted by Gasteiger charge is 2.02. The van der Waals surface area contributed by atoms with Gasteiger partial charge in [0.05, 0.1) is 11.8 Å². The molecule has 0 saturated carbocycles. The van der Waals surface area contributed by atoms with Crippen LogP contribution in [0.4, 0.5) is 11.5 Å². The summed E-state index contributed by atoms with van der Waals surface area (Å²) in [4.78, 5) is 0. The fourth-order valence-electron chi connectivity index (χ4n) is 1.17. The molecule has 0 aliphatic heterocycles. The zero-order chi connectivity index (χ0) is 10.5. The van der Waals surface area contributed by atoms with E-state index in [4.69, 9.17) is 5.26 Å². The first-order valence-electron chi connectivity index (χ1n) is 4.44. The SMILES string of the molecule is N#Cc1ccnnc1Nc1ccccc1. The van der Waals surface area contributed by atoms with Gasteiger partial charge in [0.25, 0.3) is 0 Å². The number of hydrogen-bond donors (Lipinski definition) is 1. The van der Waals surface area contributed by atoms with E-state index in [9.17, 15) is 0 Å². The molecule has 1 heterocycles. The number of aromatic nitrogens is 2. The van der Waals surface area contributed by atoms with Crippen molar-refractivity contribution in [3.63, 3.8) is 0 Å². The standard InChI is InChI=1S/C11H8N4/c12-8-9-6-7-13-15-11(9)14-10-4-2-1-3-5-10/h1-7H,(H,14,15). The molecular formula is C11H8N4. The molecule has 2 aromatic rings. The number of nitrogens with one attached hydrogen (secondary N) is 1. The van der Waals surface area contributed by atoms with Crippen LogP contribution in [-0.4, -0.2) is 10.2 Å². The maximum absolute atomic E-state index is 8.84. The monoisotopic (exact) mass is 196 g/mol. The highest BCUT2D eigenvalue weighted by atomic mass is 15.2. The van der Waals surface area contributed by atoms with Gasteiger partial charge in [-0.2, -0.15) is 10.4 Å². The molecule has 0 amide bonds. The van der Waals surface area contributed by atoms with Crippen LogP contribution in [0, 0.1) is 11.3 Å². The predicted octanol–water partition coefficient (Wildman–Crippen LogP) is 2.09. The summed E-state index contributed by atoms with van der Waals surface area (Å²) < 4.78 is 0. The topological polar surface area (TPSA) is 61.6 Å². The van der Waals surface area contributed by atoms with E-state index in [-0.39, 0.29) is 0 Å².